The number of pyridine rings is 1. The summed E-state index contributed by atoms with van der Waals surface area (Å²) in [7, 11) is 0. The Labute approximate surface area is 170 Å². The van der Waals surface area contributed by atoms with Crippen LogP contribution in [0.4, 0.5) is 0 Å². The molecule has 1 aliphatic heterocycles. The quantitative estimate of drug-likeness (QED) is 0.667. The summed E-state index contributed by atoms with van der Waals surface area (Å²) in [6.45, 7) is 8.19. The SMILES string of the molecule is Cc1ncc(-c2ccncc2C)c(C2CCCCN2C(=O)c2c(C)noc2C)n1. The molecule has 0 bridgehead atoms. The van der Waals surface area contributed by atoms with Gasteiger partial charge in [0.15, 0.2) is 0 Å². The van der Waals surface area contributed by atoms with E-state index in [1.54, 1.807) is 13.1 Å². The van der Waals surface area contributed by atoms with Crippen LogP contribution in [0.1, 0.15) is 64.2 Å². The third-order valence-electron chi connectivity index (χ3n) is 5.58. The Morgan fingerprint density at radius 2 is 1.97 bits per heavy atom. The molecule has 0 N–H and O–H groups in total. The van der Waals surface area contributed by atoms with Gasteiger partial charge < -0.3 is 9.42 Å². The van der Waals surface area contributed by atoms with Gasteiger partial charge in [-0.25, -0.2) is 9.97 Å². The van der Waals surface area contributed by atoms with Crippen LogP contribution in [0.25, 0.3) is 11.1 Å². The maximum Gasteiger partial charge on any atom is 0.259 e. The Morgan fingerprint density at radius 1 is 1.14 bits per heavy atom. The zero-order chi connectivity index (χ0) is 20.5. The fourth-order valence-corrected chi connectivity index (χ4v) is 4.12. The van der Waals surface area contributed by atoms with Crippen LogP contribution in [0, 0.1) is 27.7 Å². The first-order valence-electron chi connectivity index (χ1n) is 9.95. The summed E-state index contributed by atoms with van der Waals surface area (Å²) in [5, 5.41) is 3.97. The molecule has 4 heterocycles. The summed E-state index contributed by atoms with van der Waals surface area (Å²) in [5.41, 5.74) is 5.14. The van der Waals surface area contributed by atoms with E-state index in [0.29, 0.717) is 29.4 Å². The highest BCUT2D eigenvalue weighted by atomic mass is 16.5. The van der Waals surface area contributed by atoms with Crippen molar-refractivity contribution in [3.63, 3.8) is 0 Å². The van der Waals surface area contributed by atoms with Crippen molar-refractivity contribution >= 4 is 5.91 Å². The second-order valence-corrected chi connectivity index (χ2v) is 7.62. The Bertz CT molecular complexity index is 1040. The molecule has 0 radical (unpaired) electrons. The van der Waals surface area contributed by atoms with Gasteiger partial charge in [0.1, 0.15) is 17.1 Å². The normalized spacial score (nSPS) is 16.8. The molecule has 1 saturated heterocycles. The molecule has 4 rings (SSSR count). The monoisotopic (exact) mass is 391 g/mol. The lowest BCUT2D eigenvalue weighted by Gasteiger charge is -2.36. The third kappa shape index (κ3) is 3.52. The largest absolute Gasteiger partial charge is 0.361 e. The van der Waals surface area contributed by atoms with Gasteiger partial charge in [-0.15, -0.1) is 0 Å². The molecule has 1 fully saturated rings. The van der Waals surface area contributed by atoms with Gasteiger partial charge in [0.2, 0.25) is 0 Å². The van der Waals surface area contributed by atoms with Crippen LogP contribution in [-0.2, 0) is 0 Å². The summed E-state index contributed by atoms with van der Waals surface area (Å²) >= 11 is 0. The third-order valence-corrected chi connectivity index (χ3v) is 5.58. The van der Waals surface area contributed by atoms with Crippen LogP contribution in [0.2, 0.25) is 0 Å². The molecule has 7 heteroatoms. The molecule has 0 saturated carbocycles. The number of aryl methyl sites for hydroxylation is 4. The van der Waals surface area contributed by atoms with Gasteiger partial charge in [0, 0.05) is 30.7 Å². The molecule has 0 aliphatic carbocycles. The molecule has 1 atom stereocenters. The first-order valence-corrected chi connectivity index (χ1v) is 9.95. The average molecular weight is 391 g/mol. The number of aromatic nitrogens is 4. The van der Waals surface area contributed by atoms with Crippen molar-refractivity contribution in [1.82, 2.24) is 25.0 Å². The number of carbonyl (C=O) groups excluding carboxylic acids is 1. The Kier molecular flexibility index (Phi) is 5.13. The highest BCUT2D eigenvalue weighted by Gasteiger charge is 2.34. The van der Waals surface area contributed by atoms with Gasteiger partial charge in [-0.05, 0) is 64.2 Å². The first kappa shape index (κ1) is 19.2. The molecule has 1 amide bonds. The fourth-order valence-electron chi connectivity index (χ4n) is 4.12. The number of rotatable bonds is 3. The van der Waals surface area contributed by atoms with Crippen molar-refractivity contribution in [3.05, 3.63) is 58.8 Å². The van der Waals surface area contributed by atoms with Gasteiger partial charge in [-0.2, -0.15) is 0 Å². The zero-order valence-electron chi connectivity index (χ0n) is 17.3. The number of hydrogen-bond donors (Lipinski definition) is 0. The molecule has 0 spiro atoms. The molecule has 3 aromatic rings. The van der Waals surface area contributed by atoms with E-state index in [9.17, 15) is 4.79 Å². The summed E-state index contributed by atoms with van der Waals surface area (Å²) in [6, 6.07) is 1.87. The highest BCUT2D eigenvalue weighted by molar-refractivity contribution is 5.96. The smallest absolute Gasteiger partial charge is 0.259 e. The van der Waals surface area contributed by atoms with Crippen molar-refractivity contribution in [3.8, 4) is 11.1 Å². The van der Waals surface area contributed by atoms with Gasteiger partial charge >= 0.3 is 0 Å². The molecule has 3 aromatic heterocycles. The molecule has 1 unspecified atom stereocenters. The predicted molar refractivity (Wildman–Crippen MR) is 108 cm³/mol. The van der Waals surface area contributed by atoms with E-state index in [-0.39, 0.29) is 11.9 Å². The Balaban J connectivity index is 1.81. The van der Waals surface area contributed by atoms with Crippen molar-refractivity contribution in [2.75, 3.05) is 6.54 Å². The van der Waals surface area contributed by atoms with E-state index in [4.69, 9.17) is 9.51 Å². The molecular weight excluding hydrogens is 366 g/mol. The minimum Gasteiger partial charge on any atom is -0.361 e. The van der Waals surface area contributed by atoms with Crippen LogP contribution in [0.5, 0.6) is 0 Å². The lowest BCUT2D eigenvalue weighted by molar-refractivity contribution is 0.0604. The van der Waals surface area contributed by atoms with E-state index >= 15 is 0 Å². The second kappa shape index (κ2) is 7.73. The van der Waals surface area contributed by atoms with Crippen molar-refractivity contribution < 1.29 is 9.32 Å². The van der Waals surface area contributed by atoms with Gasteiger partial charge in [0.25, 0.3) is 5.91 Å². The molecular formula is C22H25N5O2. The van der Waals surface area contributed by atoms with Crippen LogP contribution >= 0.6 is 0 Å². The summed E-state index contributed by atoms with van der Waals surface area (Å²) in [5.74, 6) is 1.21. The van der Waals surface area contributed by atoms with Gasteiger partial charge in [0.05, 0.1) is 17.4 Å². The van der Waals surface area contributed by atoms with Crippen molar-refractivity contribution in [2.45, 2.75) is 53.0 Å². The lowest BCUT2D eigenvalue weighted by Crippen LogP contribution is -2.39. The number of likely N-dealkylation sites (tertiary alicyclic amines) is 1. The molecule has 1 aliphatic rings. The van der Waals surface area contributed by atoms with Crippen molar-refractivity contribution in [2.24, 2.45) is 0 Å². The van der Waals surface area contributed by atoms with E-state index in [0.717, 1.165) is 41.6 Å². The van der Waals surface area contributed by atoms with Gasteiger partial charge in [-0.1, -0.05) is 5.16 Å². The molecule has 7 nitrogen and oxygen atoms in total. The van der Waals surface area contributed by atoms with Crippen LogP contribution < -0.4 is 0 Å². The summed E-state index contributed by atoms with van der Waals surface area (Å²) < 4.78 is 5.25. The van der Waals surface area contributed by atoms with Crippen LogP contribution in [0.3, 0.4) is 0 Å². The number of piperidine rings is 1. The lowest BCUT2D eigenvalue weighted by atomic mass is 9.92. The molecule has 150 valence electrons. The van der Waals surface area contributed by atoms with Crippen LogP contribution in [-0.4, -0.2) is 37.5 Å². The number of carbonyl (C=O) groups is 1. The zero-order valence-corrected chi connectivity index (χ0v) is 17.3. The van der Waals surface area contributed by atoms with E-state index in [1.165, 1.54) is 0 Å². The minimum atomic E-state index is -0.116. The fraction of sp³-hybridized carbons (Fsp3) is 0.409. The van der Waals surface area contributed by atoms with Crippen LogP contribution in [0.15, 0.2) is 29.2 Å². The Morgan fingerprint density at radius 3 is 2.69 bits per heavy atom. The van der Waals surface area contributed by atoms with E-state index in [2.05, 4.69) is 15.1 Å². The summed E-state index contributed by atoms with van der Waals surface area (Å²) in [6.07, 6.45) is 8.37. The summed E-state index contributed by atoms with van der Waals surface area (Å²) in [4.78, 5) is 28.8. The second-order valence-electron chi connectivity index (χ2n) is 7.62. The molecule has 0 aromatic carbocycles. The minimum absolute atomic E-state index is 0.0420. The van der Waals surface area contributed by atoms with Gasteiger partial charge in [-0.3, -0.25) is 9.78 Å². The van der Waals surface area contributed by atoms with Crippen molar-refractivity contribution in [1.29, 1.82) is 0 Å². The Hall–Kier alpha value is -3.09. The number of hydrogen-bond acceptors (Lipinski definition) is 6. The number of amides is 1. The van der Waals surface area contributed by atoms with E-state index in [1.807, 2.05) is 44.1 Å². The first-order chi connectivity index (χ1) is 14.0. The number of nitrogens with zero attached hydrogens (tertiary/aromatic N) is 5. The molecule has 29 heavy (non-hydrogen) atoms. The average Bonchev–Trinajstić information content (AvgIpc) is 3.06. The highest BCUT2D eigenvalue weighted by Crippen LogP contribution is 2.37. The standard InChI is InChI=1S/C22H25N5O2/c1-13-11-23-9-8-17(13)18-12-24-16(4)25-21(18)19-7-5-6-10-27(19)22(28)20-14(2)26-29-15(20)3/h8-9,11-12,19H,5-7,10H2,1-4H3. The maximum atomic E-state index is 13.5. The predicted octanol–water partition coefficient (Wildman–Crippen LogP) is 4.13. The van der Waals surface area contributed by atoms with E-state index < -0.39 is 0 Å². The topological polar surface area (TPSA) is 85.0 Å². The maximum absolute atomic E-state index is 13.5.